The fourth-order valence-electron chi connectivity index (χ4n) is 3.84. The van der Waals surface area contributed by atoms with E-state index >= 15 is 0 Å². The first-order chi connectivity index (χ1) is 16.7. The maximum atomic E-state index is 11.9. The molecule has 4 aromatic rings. The van der Waals surface area contributed by atoms with E-state index < -0.39 is 0 Å². The number of carbonyl (C=O) groups excluding carboxylic acids is 1. The molecule has 0 bridgehead atoms. The highest BCUT2D eigenvalue weighted by Gasteiger charge is 2.13. The van der Waals surface area contributed by atoms with Crippen LogP contribution in [0.15, 0.2) is 84.9 Å². The monoisotopic (exact) mass is 454 g/mol. The number of methoxy groups -OCH3 is 1. The molecule has 0 aromatic heterocycles. The van der Waals surface area contributed by atoms with Crippen molar-refractivity contribution in [3.8, 4) is 28.4 Å². The van der Waals surface area contributed by atoms with Crippen molar-refractivity contribution >= 4 is 16.7 Å². The fraction of sp³-hybridized carbons (Fsp3) is 0.233. The molecular weight excluding hydrogens is 424 g/mol. The third kappa shape index (κ3) is 5.76. The lowest BCUT2D eigenvalue weighted by Gasteiger charge is -2.15. The van der Waals surface area contributed by atoms with Gasteiger partial charge >= 0.3 is 5.97 Å². The average Bonchev–Trinajstić information content (AvgIpc) is 2.89. The Hall–Kier alpha value is -3.79. The summed E-state index contributed by atoms with van der Waals surface area (Å²) in [6.45, 7) is 2.58. The zero-order chi connectivity index (χ0) is 23.8. The molecule has 0 spiro atoms. The molecule has 0 amide bonds. The van der Waals surface area contributed by atoms with Crippen LogP contribution in [0, 0.1) is 0 Å². The van der Waals surface area contributed by atoms with E-state index in [0.717, 1.165) is 57.6 Å². The minimum atomic E-state index is -0.145. The average molecular weight is 455 g/mol. The van der Waals surface area contributed by atoms with Gasteiger partial charge in [-0.3, -0.25) is 4.79 Å². The van der Waals surface area contributed by atoms with Gasteiger partial charge in [0.1, 0.15) is 17.2 Å². The quantitative estimate of drug-likeness (QED) is 0.183. The van der Waals surface area contributed by atoms with Crippen LogP contribution in [-0.2, 0) is 16.0 Å². The predicted molar refractivity (Wildman–Crippen MR) is 137 cm³/mol. The van der Waals surface area contributed by atoms with Crippen LogP contribution in [0.4, 0.5) is 0 Å². The summed E-state index contributed by atoms with van der Waals surface area (Å²) >= 11 is 0. The number of hydrogen-bond donors (Lipinski definition) is 0. The highest BCUT2D eigenvalue weighted by atomic mass is 16.5. The fourth-order valence-corrected chi connectivity index (χ4v) is 3.84. The van der Waals surface area contributed by atoms with Gasteiger partial charge in [0, 0.05) is 17.4 Å². The second-order valence-corrected chi connectivity index (χ2v) is 8.21. The molecular formula is C30H30O4. The molecule has 4 aromatic carbocycles. The van der Waals surface area contributed by atoms with Crippen molar-refractivity contribution < 1.29 is 19.0 Å². The SMILES string of the molecule is CCCCOC(=O)CCc1ccc(Oc2c(-c3ccc(OC)cc3)ccc3ccccc23)cc1. The van der Waals surface area contributed by atoms with Gasteiger partial charge in [0.15, 0.2) is 0 Å². The molecule has 0 aliphatic carbocycles. The van der Waals surface area contributed by atoms with Crippen LogP contribution in [0.3, 0.4) is 0 Å². The summed E-state index contributed by atoms with van der Waals surface area (Å²) in [4.78, 5) is 11.9. The van der Waals surface area contributed by atoms with Crippen molar-refractivity contribution in [1.29, 1.82) is 0 Å². The number of unbranched alkanes of at least 4 members (excludes halogenated alkanes) is 1. The largest absolute Gasteiger partial charge is 0.497 e. The molecule has 0 N–H and O–H groups in total. The van der Waals surface area contributed by atoms with Crippen molar-refractivity contribution in [2.75, 3.05) is 13.7 Å². The van der Waals surface area contributed by atoms with Crippen molar-refractivity contribution in [2.24, 2.45) is 0 Å². The summed E-state index contributed by atoms with van der Waals surface area (Å²) in [7, 11) is 1.67. The lowest BCUT2D eigenvalue weighted by molar-refractivity contribution is -0.143. The lowest BCUT2D eigenvalue weighted by atomic mass is 9.99. The molecule has 0 heterocycles. The van der Waals surface area contributed by atoms with Gasteiger partial charge in [0.25, 0.3) is 0 Å². The summed E-state index contributed by atoms with van der Waals surface area (Å²) in [6, 6.07) is 28.3. The molecule has 0 aliphatic rings. The highest BCUT2D eigenvalue weighted by Crippen LogP contribution is 2.40. The molecule has 0 aliphatic heterocycles. The number of rotatable bonds is 10. The molecule has 34 heavy (non-hydrogen) atoms. The molecule has 0 unspecified atom stereocenters. The number of aryl methyl sites for hydroxylation is 1. The first-order valence-corrected chi connectivity index (χ1v) is 11.8. The Morgan fingerprint density at radius 1 is 0.824 bits per heavy atom. The molecule has 174 valence electrons. The topological polar surface area (TPSA) is 44.8 Å². The highest BCUT2D eigenvalue weighted by molar-refractivity contribution is 5.95. The van der Waals surface area contributed by atoms with Crippen LogP contribution in [0.2, 0.25) is 0 Å². The van der Waals surface area contributed by atoms with Crippen LogP contribution in [0.25, 0.3) is 21.9 Å². The molecule has 4 rings (SSSR count). The zero-order valence-corrected chi connectivity index (χ0v) is 19.8. The van der Waals surface area contributed by atoms with Gasteiger partial charge in [-0.15, -0.1) is 0 Å². The molecule has 0 saturated carbocycles. The number of hydrogen-bond acceptors (Lipinski definition) is 4. The minimum Gasteiger partial charge on any atom is -0.497 e. The first kappa shape index (κ1) is 23.4. The molecule has 0 atom stereocenters. The zero-order valence-electron chi connectivity index (χ0n) is 19.8. The minimum absolute atomic E-state index is 0.145. The van der Waals surface area contributed by atoms with Crippen molar-refractivity contribution in [2.45, 2.75) is 32.6 Å². The van der Waals surface area contributed by atoms with E-state index in [9.17, 15) is 4.79 Å². The Bertz CT molecular complexity index is 1230. The van der Waals surface area contributed by atoms with E-state index in [0.29, 0.717) is 19.4 Å². The van der Waals surface area contributed by atoms with Crippen LogP contribution >= 0.6 is 0 Å². The van der Waals surface area contributed by atoms with Gasteiger partial charge in [-0.1, -0.05) is 67.9 Å². The van der Waals surface area contributed by atoms with Gasteiger partial charge in [0.05, 0.1) is 13.7 Å². The molecule has 0 fully saturated rings. The maximum Gasteiger partial charge on any atom is 0.306 e. The third-order valence-corrected chi connectivity index (χ3v) is 5.80. The van der Waals surface area contributed by atoms with Crippen LogP contribution in [0.5, 0.6) is 17.2 Å². The summed E-state index contributed by atoms with van der Waals surface area (Å²) in [6.07, 6.45) is 2.96. The predicted octanol–water partition coefficient (Wildman–Crippen LogP) is 7.58. The molecule has 0 saturated heterocycles. The Morgan fingerprint density at radius 2 is 1.56 bits per heavy atom. The normalized spacial score (nSPS) is 10.8. The maximum absolute atomic E-state index is 11.9. The Kier molecular flexibility index (Phi) is 7.82. The number of benzene rings is 4. The summed E-state index contributed by atoms with van der Waals surface area (Å²) in [5.41, 5.74) is 3.15. The number of carbonyl (C=O) groups is 1. The van der Waals surface area contributed by atoms with E-state index in [4.69, 9.17) is 14.2 Å². The van der Waals surface area contributed by atoms with Gasteiger partial charge in [-0.2, -0.15) is 0 Å². The van der Waals surface area contributed by atoms with Crippen molar-refractivity contribution in [3.05, 3.63) is 90.5 Å². The Balaban J connectivity index is 1.54. The number of esters is 1. The van der Waals surface area contributed by atoms with E-state index in [1.54, 1.807) is 7.11 Å². The number of ether oxygens (including phenoxy) is 3. The summed E-state index contributed by atoms with van der Waals surface area (Å²) in [5, 5.41) is 2.17. The lowest BCUT2D eigenvalue weighted by Crippen LogP contribution is -2.06. The van der Waals surface area contributed by atoms with E-state index in [1.807, 2.05) is 60.7 Å². The first-order valence-electron chi connectivity index (χ1n) is 11.8. The second-order valence-electron chi connectivity index (χ2n) is 8.21. The smallest absolute Gasteiger partial charge is 0.306 e. The summed E-state index contributed by atoms with van der Waals surface area (Å²) < 4.78 is 17.0. The van der Waals surface area contributed by atoms with Crippen LogP contribution in [0.1, 0.15) is 31.7 Å². The number of fused-ring (bicyclic) bond motifs is 1. The molecule has 4 heteroatoms. The van der Waals surface area contributed by atoms with Crippen LogP contribution < -0.4 is 9.47 Å². The molecule has 0 radical (unpaired) electrons. The standard InChI is InChI=1S/C30H30O4/c1-3-4-21-33-29(31)20-11-22-9-15-26(16-10-22)34-30-27-8-6-5-7-23(27)14-19-28(30)24-12-17-25(32-2)18-13-24/h5-10,12-19H,3-4,11,20-21H2,1-2H3. The van der Waals surface area contributed by atoms with E-state index in [1.165, 1.54) is 0 Å². The van der Waals surface area contributed by atoms with Gasteiger partial charge in [-0.25, -0.2) is 0 Å². The third-order valence-electron chi connectivity index (χ3n) is 5.80. The van der Waals surface area contributed by atoms with Crippen molar-refractivity contribution in [3.63, 3.8) is 0 Å². The van der Waals surface area contributed by atoms with Gasteiger partial charge < -0.3 is 14.2 Å². The van der Waals surface area contributed by atoms with E-state index in [2.05, 4.69) is 31.2 Å². The molecule has 4 nitrogen and oxygen atoms in total. The van der Waals surface area contributed by atoms with Gasteiger partial charge in [-0.05, 0) is 59.7 Å². The Labute approximate surface area is 201 Å². The van der Waals surface area contributed by atoms with Crippen LogP contribution in [-0.4, -0.2) is 19.7 Å². The summed E-state index contributed by atoms with van der Waals surface area (Å²) in [5.74, 6) is 2.24. The van der Waals surface area contributed by atoms with E-state index in [-0.39, 0.29) is 5.97 Å². The van der Waals surface area contributed by atoms with Gasteiger partial charge in [0.2, 0.25) is 0 Å². The van der Waals surface area contributed by atoms with Crippen molar-refractivity contribution in [1.82, 2.24) is 0 Å². The Morgan fingerprint density at radius 3 is 2.29 bits per heavy atom. The second kappa shape index (κ2) is 11.4.